The number of aliphatic carboxylic acids is 1. The Kier molecular flexibility index (Phi) is 4.85. The van der Waals surface area contributed by atoms with E-state index >= 15 is 0 Å². The van der Waals surface area contributed by atoms with Crippen molar-refractivity contribution < 1.29 is 14.6 Å². The van der Waals surface area contributed by atoms with Crippen LogP contribution >= 0.6 is 11.3 Å². The van der Waals surface area contributed by atoms with Crippen molar-refractivity contribution >= 4 is 22.3 Å². The second-order valence-electron chi connectivity index (χ2n) is 5.60. The van der Waals surface area contributed by atoms with Crippen molar-refractivity contribution in [1.29, 1.82) is 0 Å². The van der Waals surface area contributed by atoms with E-state index in [0.717, 1.165) is 39.7 Å². The van der Waals surface area contributed by atoms with Gasteiger partial charge in [0.05, 0.1) is 18.7 Å². The van der Waals surface area contributed by atoms with Gasteiger partial charge in [0.15, 0.2) is 4.96 Å². The molecule has 0 fully saturated rings. The number of aryl methyl sites for hydroxylation is 1. The van der Waals surface area contributed by atoms with Crippen molar-refractivity contribution in [2.24, 2.45) is 0 Å². The standard InChI is InChI=1S/C18H20N2O3S/c1-3-5-12-6-7-16(23-4-2)14(8-12)15-11-20-10-13(9-17(21)22)24-18(20)19-15/h6-8,10-11H,3-5,9H2,1-2H3,(H,21,22). The SMILES string of the molecule is CCCc1ccc(OCC)c(-c2cn3cc(CC(=O)O)sc3n2)c1. The van der Waals surface area contributed by atoms with Crippen LogP contribution in [0.3, 0.4) is 0 Å². The molecule has 0 saturated carbocycles. The van der Waals surface area contributed by atoms with Crippen molar-refractivity contribution in [2.75, 3.05) is 6.61 Å². The molecular weight excluding hydrogens is 324 g/mol. The predicted molar refractivity (Wildman–Crippen MR) is 95.0 cm³/mol. The van der Waals surface area contributed by atoms with Crippen LogP contribution in [0.15, 0.2) is 30.6 Å². The van der Waals surface area contributed by atoms with Crippen molar-refractivity contribution in [1.82, 2.24) is 9.38 Å². The first-order valence-corrected chi connectivity index (χ1v) is 8.87. The molecule has 3 aromatic rings. The van der Waals surface area contributed by atoms with E-state index in [1.165, 1.54) is 16.9 Å². The van der Waals surface area contributed by atoms with Crippen molar-refractivity contribution in [2.45, 2.75) is 33.1 Å². The normalized spacial score (nSPS) is 11.1. The topological polar surface area (TPSA) is 63.8 Å². The molecule has 0 saturated heterocycles. The highest BCUT2D eigenvalue weighted by molar-refractivity contribution is 7.17. The molecule has 0 aliphatic heterocycles. The van der Waals surface area contributed by atoms with Gasteiger partial charge in [-0.25, -0.2) is 4.98 Å². The maximum Gasteiger partial charge on any atom is 0.308 e. The Morgan fingerprint density at radius 1 is 1.33 bits per heavy atom. The first-order valence-electron chi connectivity index (χ1n) is 8.06. The summed E-state index contributed by atoms with van der Waals surface area (Å²) in [5, 5.41) is 8.90. The monoisotopic (exact) mass is 344 g/mol. The number of carboxylic acid groups (broad SMARTS) is 1. The first-order chi connectivity index (χ1) is 11.6. The number of imidazole rings is 1. The van der Waals surface area contributed by atoms with E-state index in [1.54, 1.807) is 0 Å². The minimum atomic E-state index is -0.828. The lowest BCUT2D eigenvalue weighted by Gasteiger charge is -2.10. The summed E-state index contributed by atoms with van der Waals surface area (Å²) < 4.78 is 7.64. The van der Waals surface area contributed by atoms with Crippen molar-refractivity contribution in [3.63, 3.8) is 0 Å². The van der Waals surface area contributed by atoms with Gasteiger partial charge in [0.2, 0.25) is 0 Å². The van der Waals surface area contributed by atoms with Gasteiger partial charge < -0.3 is 9.84 Å². The molecule has 126 valence electrons. The van der Waals surface area contributed by atoms with E-state index in [-0.39, 0.29) is 6.42 Å². The molecule has 0 spiro atoms. The predicted octanol–water partition coefficient (Wildman–Crippen LogP) is 4.04. The average Bonchev–Trinajstić information content (AvgIpc) is 3.06. The molecule has 3 rings (SSSR count). The summed E-state index contributed by atoms with van der Waals surface area (Å²) in [6.45, 7) is 4.73. The number of carbonyl (C=O) groups is 1. The number of aromatic nitrogens is 2. The van der Waals surface area contributed by atoms with Crippen molar-refractivity contribution in [3.05, 3.63) is 41.0 Å². The summed E-state index contributed by atoms with van der Waals surface area (Å²) in [6.07, 6.45) is 5.90. The molecule has 0 bridgehead atoms. The molecule has 24 heavy (non-hydrogen) atoms. The van der Waals surface area contributed by atoms with Crippen LogP contribution in [0.25, 0.3) is 16.2 Å². The Labute approximate surface area is 144 Å². The zero-order valence-corrected chi connectivity index (χ0v) is 14.6. The van der Waals surface area contributed by atoms with Crippen LogP contribution in [0.4, 0.5) is 0 Å². The largest absolute Gasteiger partial charge is 0.493 e. The zero-order valence-electron chi connectivity index (χ0n) is 13.8. The van der Waals surface area contributed by atoms with E-state index in [0.29, 0.717) is 6.61 Å². The summed E-state index contributed by atoms with van der Waals surface area (Å²) in [4.78, 5) is 17.1. The average molecular weight is 344 g/mol. The Morgan fingerprint density at radius 2 is 2.17 bits per heavy atom. The van der Waals surface area contributed by atoms with Gasteiger partial charge in [0, 0.05) is 22.8 Å². The number of rotatable bonds is 7. The summed E-state index contributed by atoms with van der Waals surface area (Å²) in [5.41, 5.74) is 3.10. The fourth-order valence-corrected chi connectivity index (χ4v) is 3.66. The maximum atomic E-state index is 10.8. The molecule has 6 heteroatoms. The van der Waals surface area contributed by atoms with E-state index in [2.05, 4.69) is 24.0 Å². The van der Waals surface area contributed by atoms with Gasteiger partial charge in [-0.05, 0) is 31.0 Å². The highest BCUT2D eigenvalue weighted by Gasteiger charge is 2.14. The minimum Gasteiger partial charge on any atom is -0.493 e. The van der Waals surface area contributed by atoms with Gasteiger partial charge in [-0.15, -0.1) is 11.3 Å². The maximum absolute atomic E-state index is 10.8. The van der Waals surface area contributed by atoms with E-state index < -0.39 is 5.97 Å². The third-order valence-corrected chi connectivity index (χ3v) is 4.68. The molecule has 2 aromatic heterocycles. The molecule has 1 aromatic carbocycles. The number of thiazole rings is 1. The summed E-state index contributed by atoms with van der Waals surface area (Å²) in [5.74, 6) is -0.000471. The van der Waals surface area contributed by atoms with Crippen LogP contribution in [-0.4, -0.2) is 27.1 Å². The van der Waals surface area contributed by atoms with Gasteiger partial charge in [-0.2, -0.15) is 0 Å². The number of benzene rings is 1. The molecule has 0 unspecified atom stereocenters. The minimum absolute atomic E-state index is 0.0273. The van der Waals surface area contributed by atoms with Gasteiger partial charge >= 0.3 is 5.97 Å². The smallest absolute Gasteiger partial charge is 0.308 e. The number of carboxylic acids is 1. The Balaban J connectivity index is 2.00. The first kappa shape index (κ1) is 16.5. The van der Waals surface area contributed by atoms with E-state index in [4.69, 9.17) is 9.84 Å². The van der Waals surface area contributed by atoms with Gasteiger partial charge in [-0.3, -0.25) is 9.20 Å². The molecule has 5 nitrogen and oxygen atoms in total. The Hall–Kier alpha value is -2.34. The second-order valence-corrected chi connectivity index (χ2v) is 6.69. The van der Waals surface area contributed by atoms with Gasteiger partial charge in [-0.1, -0.05) is 19.4 Å². The highest BCUT2D eigenvalue weighted by Crippen LogP contribution is 2.32. The summed E-state index contributed by atoms with van der Waals surface area (Å²) in [7, 11) is 0. The van der Waals surface area contributed by atoms with Crippen LogP contribution in [0.1, 0.15) is 30.7 Å². The third kappa shape index (κ3) is 3.43. The summed E-state index contributed by atoms with van der Waals surface area (Å²) in [6, 6.07) is 6.24. The van der Waals surface area contributed by atoms with Crippen LogP contribution in [0.5, 0.6) is 5.75 Å². The van der Waals surface area contributed by atoms with Gasteiger partial charge in [0.25, 0.3) is 0 Å². The quantitative estimate of drug-likeness (QED) is 0.702. The molecule has 2 heterocycles. The molecule has 0 aliphatic rings. The lowest BCUT2D eigenvalue weighted by molar-refractivity contribution is -0.136. The van der Waals surface area contributed by atoms with Crippen LogP contribution < -0.4 is 4.74 Å². The number of hydrogen-bond donors (Lipinski definition) is 1. The van der Waals surface area contributed by atoms with Crippen molar-refractivity contribution in [3.8, 4) is 17.0 Å². The zero-order chi connectivity index (χ0) is 17.1. The van der Waals surface area contributed by atoms with Crippen LogP contribution in [0, 0.1) is 0 Å². The van der Waals surface area contributed by atoms with E-state index in [9.17, 15) is 4.79 Å². The number of nitrogens with zero attached hydrogens (tertiary/aromatic N) is 2. The highest BCUT2D eigenvalue weighted by atomic mass is 32.1. The van der Waals surface area contributed by atoms with E-state index in [1.807, 2.05) is 29.8 Å². The second kappa shape index (κ2) is 7.05. The van der Waals surface area contributed by atoms with Crippen LogP contribution in [0.2, 0.25) is 0 Å². The number of hydrogen-bond acceptors (Lipinski definition) is 4. The lowest BCUT2D eigenvalue weighted by atomic mass is 10.0. The molecule has 0 amide bonds. The number of ether oxygens (including phenoxy) is 1. The lowest BCUT2D eigenvalue weighted by Crippen LogP contribution is -1.97. The Morgan fingerprint density at radius 3 is 2.83 bits per heavy atom. The Bertz CT molecular complexity index is 835. The fourth-order valence-electron chi connectivity index (χ4n) is 2.71. The molecule has 1 N–H and O–H groups in total. The molecular formula is C18H20N2O3S. The molecule has 0 aliphatic carbocycles. The fraction of sp³-hybridized carbons (Fsp3) is 0.333. The third-order valence-electron chi connectivity index (χ3n) is 3.69. The molecule has 0 radical (unpaired) electrons. The van der Waals surface area contributed by atoms with Crippen LogP contribution in [-0.2, 0) is 17.6 Å². The molecule has 0 atom stereocenters. The number of fused-ring (bicyclic) bond motifs is 1. The summed E-state index contributed by atoms with van der Waals surface area (Å²) >= 11 is 1.40. The van der Waals surface area contributed by atoms with Gasteiger partial charge in [0.1, 0.15) is 5.75 Å².